The fraction of sp³-hybridized carbons (Fsp3) is 0.176. The first-order valence-corrected chi connectivity index (χ1v) is 8.28. The third-order valence-corrected chi connectivity index (χ3v) is 4.66. The van der Waals surface area contributed by atoms with E-state index in [0.29, 0.717) is 6.42 Å². The molecule has 3 heterocycles. The molecular weight excluding hydrogens is 308 g/mol. The predicted octanol–water partition coefficient (Wildman–Crippen LogP) is 3.39. The van der Waals surface area contributed by atoms with E-state index in [9.17, 15) is 4.79 Å². The topological polar surface area (TPSA) is 58.5 Å². The van der Waals surface area contributed by atoms with Gasteiger partial charge in [-0.2, -0.15) is 16.4 Å². The van der Waals surface area contributed by atoms with Crippen molar-refractivity contribution >= 4 is 34.0 Å². The van der Waals surface area contributed by atoms with E-state index in [0.717, 1.165) is 27.9 Å². The first kappa shape index (κ1) is 14.0. The van der Waals surface area contributed by atoms with E-state index in [2.05, 4.69) is 20.4 Å². The normalized spacial score (nSPS) is 17.5. The second-order valence-electron chi connectivity index (χ2n) is 5.41. The molecule has 23 heavy (non-hydrogen) atoms. The number of thiophene rings is 1. The highest BCUT2D eigenvalue weighted by Gasteiger charge is 2.32. The van der Waals surface area contributed by atoms with Crippen molar-refractivity contribution in [3.8, 4) is 0 Å². The molecule has 0 spiro atoms. The molecule has 0 aliphatic carbocycles. The molecule has 1 aliphatic heterocycles. The Morgan fingerprint density at radius 3 is 2.91 bits per heavy atom. The Kier molecular flexibility index (Phi) is 3.38. The minimum Gasteiger partial charge on any atom is -0.273 e. The van der Waals surface area contributed by atoms with E-state index in [4.69, 9.17) is 0 Å². The van der Waals surface area contributed by atoms with Crippen LogP contribution in [0.5, 0.6) is 0 Å². The van der Waals surface area contributed by atoms with Gasteiger partial charge in [-0.25, -0.2) is 5.01 Å². The van der Waals surface area contributed by atoms with E-state index in [1.54, 1.807) is 35.7 Å². The highest BCUT2D eigenvalue weighted by Crippen LogP contribution is 2.35. The van der Waals surface area contributed by atoms with Crippen LogP contribution in [0.3, 0.4) is 0 Å². The van der Waals surface area contributed by atoms with Gasteiger partial charge in [-0.15, -0.1) is 0 Å². The van der Waals surface area contributed by atoms with E-state index >= 15 is 0 Å². The van der Waals surface area contributed by atoms with E-state index in [-0.39, 0.29) is 11.9 Å². The quantitative estimate of drug-likeness (QED) is 0.726. The summed E-state index contributed by atoms with van der Waals surface area (Å²) >= 11 is 1.63. The minimum absolute atomic E-state index is 0.0684. The van der Waals surface area contributed by atoms with Crippen molar-refractivity contribution in [2.75, 3.05) is 0 Å². The summed E-state index contributed by atoms with van der Waals surface area (Å²) in [5.74, 6) is -0.0684. The van der Waals surface area contributed by atoms with E-state index in [1.165, 1.54) is 0 Å². The summed E-state index contributed by atoms with van der Waals surface area (Å²) in [6, 6.07) is 7.78. The summed E-state index contributed by atoms with van der Waals surface area (Å²) in [5, 5.41) is 10.2. The SMILES string of the molecule is CC(=O)N1N=C(c2ccsc2)C[C@H]1c1cccc2nccnc12. The number of para-hydroxylation sites is 1. The number of fused-ring (bicyclic) bond motifs is 1. The summed E-state index contributed by atoms with van der Waals surface area (Å²) in [4.78, 5) is 20.9. The lowest BCUT2D eigenvalue weighted by molar-refractivity contribution is -0.130. The molecule has 0 fully saturated rings. The lowest BCUT2D eigenvalue weighted by atomic mass is 9.98. The Balaban J connectivity index is 1.80. The van der Waals surface area contributed by atoms with Crippen LogP contribution in [0.4, 0.5) is 0 Å². The van der Waals surface area contributed by atoms with Crippen LogP contribution in [0.15, 0.2) is 52.5 Å². The van der Waals surface area contributed by atoms with Crippen LogP contribution >= 0.6 is 11.3 Å². The van der Waals surface area contributed by atoms with Gasteiger partial charge in [0.15, 0.2) is 0 Å². The van der Waals surface area contributed by atoms with Crippen molar-refractivity contribution in [1.82, 2.24) is 15.0 Å². The van der Waals surface area contributed by atoms with Gasteiger partial charge in [0, 0.05) is 36.9 Å². The van der Waals surface area contributed by atoms with Crippen molar-refractivity contribution in [3.63, 3.8) is 0 Å². The van der Waals surface area contributed by atoms with Crippen LogP contribution in [-0.4, -0.2) is 26.6 Å². The number of amides is 1. The van der Waals surface area contributed by atoms with Gasteiger partial charge in [-0.1, -0.05) is 12.1 Å². The Morgan fingerprint density at radius 2 is 2.13 bits per heavy atom. The fourth-order valence-corrected chi connectivity index (χ4v) is 3.59. The monoisotopic (exact) mass is 322 g/mol. The number of nitrogens with zero attached hydrogens (tertiary/aromatic N) is 4. The molecule has 4 rings (SSSR count). The molecule has 0 saturated carbocycles. The van der Waals surface area contributed by atoms with Gasteiger partial charge in [0.05, 0.1) is 22.8 Å². The van der Waals surface area contributed by atoms with Crippen molar-refractivity contribution in [2.45, 2.75) is 19.4 Å². The van der Waals surface area contributed by atoms with Crippen molar-refractivity contribution in [1.29, 1.82) is 0 Å². The van der Waals surface area contributed by atoms with Gasteiger partial charge in [-0.05, 0) is 22.9 Å². The second kappa shape index (κ2) is 5.55. The predicted molar refractivity (Wildman–Crippen MR) is 90.3 cm³/mol. The Morgan fingerprint density at radius 1 is 1.26 bits per heavy atom. The van der Waals surface area contributed by atoms with Crippen LogP contribution in [-0.2, 0) is 4.79 Å². The summed E-state index contributed by atoms with van der Waals surface area (Å²) in [7, 11) is 0. The minimum atomic E-state index is -0.136. The molecule has 114 valence electrons. The first-order valence-electron chi connectivity index (χ1n) is 7.33. The summed E-state index contributed by atoms with van der Waals surface area (Å²) in [6.45, 7) is 1.55. The molecule has 0 unspecified atom stereocenters. The first-order chi connectivity index (χ1) is 11.2. The van der Waals surface area contributed by atoms with Gasteiger partial charge in [0.25, 0.3) is 0 Å². The second-order valence-corrected chi connectivity index (χ2v) is 6.19. The maximum atomic E-state index is 12.1. The Labute approximate surface area is 137 Å². The molecule has 2 aromatic heterocycles. The number of benzene rings is 1. The number of carbonyl (C=O) groups is 1. The number of hydrogen-bond donors (Lipinski definition) is 0. The van der Waals surface area contributed by atoms with Gasteiger partial charge < -0.3 is 0 Å². The Bertz CT molecular complexity index is 899. The summed E-state index contributed by atoms with van der Waals surface area (Å²) in [5.41, 5.74) is 4.66. The molecule has 1 aromatic carbocycles. The third kappa shape index (κ3) is 2.41. The smallest absolute Gasteiger partial charge is 0.240 e. The zero-order valence-corrected chi connectivity index (χ0v) is 13.3. The lowest BCUT2D eigenvalue weighted by Gasteiger charge is -2.21. The largest absolute Gasteiger partial charge is 0.273 e. The molecule has 1 aliphatic rings. The van der Waals surface area contributed by atoms with Crippen molar-refractivity contribution < 1.29 is 4.79 Å². The third-order valence-electron chi connectivity index (χ3n) is 3.98. The molecule has 5 nitrogen and oxygen atoms in total. The van der Waals surface area contributed by atoms with Gasteiger partial charge in [-0.3, -0.25) is 14.8 Å². The number of hydrazone groups is 1. The summed E-state index contributed by atoms with van der Waals surface area (Å²) < 4.78 is 0. The van der Waals surface area contributed by atoms with E-state index < -0.39 is 0 Å². The van der Waals surface area contributed by atoms with E-state index in [1.807, 2.05) is 29.6 Å². The highest BCUT2D eigenvalue weighted by molar-refractivity contribution is 7.08. The maximum Gasteiger partial charge on any atom is 0.240 e. The van der Waals surface area contributed by atoms with Crippen LogP contribution in [0.2, 0.25) is 0 Å². The average Bonchev–Trinajstić information content (AvgIpc) is 3.23. The van der Waals surface area contributed by atoms with Crippen LogP contribution < -0.4 is 0 Å². The zero-order valence-electron chi connectivity index (χ0n) is 12.5. The molecular formula is C17H14N4OS. The summed E-state index contributed by atoms with van der Waals surface area (Å²) in [6.07, 6.45) is 4.04. The van der Waals surface area contributed by atoms with Crippen LogP contribution in [0, 0.1) is 0 Å². The number of rotatable bonds is 2. The number of hydrogen-bond acceptors (Lipinski definition) is 5. The Hall–Kier alpha value is -2.60. The van der Waals surface area contributed by atoms with Gasteiger partial charge >= 0.3 is 0 Å². The van der Waals surface area contributed by atoms with Gasteiger partial charge in [0.1, 0.15) is 0 Å². The van der Waals surface area contributed by atoms with Crippen LogP contribution in [0.1, 0.15) is 30.5 Å². The van der Waals surface area contributed by atoms with Gasteiger partial charge in [0.2, 0.25) is 5.91 Å². The van der Waals surface area contributed by atoms with Crippen LogP contribution in [0.25, 0.3) is 11.0 Å². The standard InChI is InChI=1S/C17H14N4OS/c1-11(22)21-16(9-15(20-21)12-5-8-23-10-12)13-3-2-4-14-17(13)19-7-6-18-14/h2-8,10,16H,9H2,1H3/t16-/m0/s1. The number of carbonyl (C=O) groups excluding carboxylic acids is 1. The molecule has 0 bridgehead atoms. The molecule has 0 saturated heterocycles. The molecule has 3 aromatic rings. The number of aromatic nitrogens is 2. The zero-order chi connectivity index (χ0) is 15.8. The fourth-order valence-electron chi connectivity index (χ4n) is 2.93. The molecule has 1 atom stereocenters. The molecule has 0 radical (unpaired) electrons. The highest BCUT2D eigenvalue weighted by atomic mass is 32.1. The molecule has 1 amide bonds. The lowest BCUT2D eigenvalue weighted by Crippen LogP contribution is -2.24. The van der Waals surface area contributed by atoms with Crippen molar-refractivity contribution in [2.24, 2.45) is 5.10 Å². The maximum absolute atomic E-state index is 12.1. The average molecular weight is 322 g/mol. The molecule has 0 N–H and O–H groups in total. The molecule has 6 heteroatoms. The van der Waals surface area contributed by atoms with Crippen molar-refractivity contribution in [3.05, 3.63) is 58.5 Å².